The van der Waals surface area contributed by atoms with E-state index in [0.717, 1.165) is 17.1 Å². The maximum Gasteiger partial charge on any atom is 0.317 e. The Kier molecular flexibility index (Phi) is 7.38. The van der Waals surface area contributed by atoms with Crippen LogP contribution in [0.1, 0.15) is 6.42 Å². The van der Waals surface area contributed by atoms with Gasteiger partial charge in [-0.15, -0.1) is 0 Å². The zero-order chi connectivity index (χ0) is 24.9. The van der Waals surface area contributed by atoms with E-state index in [1.54, 1.807) is 38.2 Å². The number of benzene rings is 2. The number of carbonyl (C=O) groups is 2. The standard InChI is InChI=1S/C25H32N4O6/c1-32-19-7-5-18(6-8-19)29-16-17(15-22(29)30)26-25(31)28-13-11-27(12-14-28)20-9-10-21(33-2)24(35-4)23(20)34-3/h5-10,17H,11-16H2,1-4H3,(H,26,31). The second-order valence-electron chi connectivity index (χ2n) is 8.38. The summed E-state index contributed by atoms with van der Waals surface area (Å²) in [5.41, 5.74) is 1.69. The number of methoxy groups -OCH3 is 4. The Morgan fingerprint density at radius 3 is 2.14 bits per heavy atom. The van der Waals surface area contributed by atoms with Crippen molar-refractivity contribution >= 4 is 23.3 Å². The predicted molar refractivity (Wildman–Crippen MR) is 132 cm³/mol. The number of carbonyl (C=O) groups excluding carboxylic acids is 2. The Morgan fingerprint density at radius 1 is 0.857 bits per heavy atom. The lowest BCUT2D eigenvalue weighted by molar-refractivity contribution is -0.117. The first-order valence-corrected chi connectivity index (χ1v) is 11.5. The van der Waals surface area contributed by atoms with Crippen LogP contribution in [0.25, 0.3) is 0 Å². The minimum Gasteiger partial charge on any atom is -0.497 e. The normalized spacial score (nSPS) is 17.9. The van der Waals surface area contributed by atoms with Crippen LogP contribution >= 0.6 is 0 Å². The Bertz CT molecular complexity index is 1050. The first-order chi connectivity index (χ1) is 17.0. The molecular formula is C25H32N4O6. The van der Waals surface area contributed by atoms with Crippen LogP contribution in [0.3, 0.4) is 0 Å². The molecule has 0 aliphatic carbocycles. The fourth-order valence-electron chi connectivity index (χ4n) is 4.57. The highest BCUT2D eigenvalue weighted by atomic mass is 16.5. The van der Waals surface area contributed by atoms with Gasteiger partial charge < -0.3 is 39.0 Å². The summed E-state index contributed by atoms with van der Waals surface area (Å²) in [7, 11) is 6.37. The lowest BCUT2D eigenvalue weighted by atomic mass is 10.2. The molecular weight excluding hydrogens is 452 g/mol. The molecule has 4 rings (SSSR count). The highest BCUT2D eigenvalue weighted by Gasteiger charge is 2.33. The summed E-state index contributed by atoms with van der Waals surface area (Å²) < 4.78 is 21.7. The molecule has 2 heterocycles. The molecule has 2 aromatic rings. The van der Waals surface area contributed by atoms with Crippen molar-refractivity contribution in [3.05, 3.63) is 36.4 Å². The van der Waals surface area contributed by atoms with Crippen LogP contribution in [0, 0.1) is 0 Å². The molecule has 2 saturated heterocycles. The van der Waals surface area contributed by atoms with Crippen molar-refractivity contribution in [1.29, 1.82) is 0 Å². The summed E-state index contributed by atoms with van der Waals surface area (Å²) in [6.45, 7) is 2.82. The smallest absolute Gasteiger partial charge is 0.317 e. The largest absolute Gasteiger partial charge is 0.497 e. The number of nitrogens with zero attached hydrogens (tertiary/aromatic N) is 3. The lowest BCUT2D eigenvalue weighted by Gasteiger charge is -2.37. The quantitative estimate of drug-likeness (QED) is 0.645. The molecule has 10 nitrogen and oxygen atoms in total. The SMILES string of the molecule is COc1ccc(N2CC(NC(=O)N3CCN(c4ccc(OC)c(OC)c4OC)CC3)CC2=O)cc1. The van der Waals surface area contributed by atoms with Crippen molar-refractivity contribution in [2.45, 2.75) is 12.5 Å². The summed E-state index contributed by atoms with van der Waals surface area (Å²) in [4.78, 5) is 31.1. The molecule has 2 fully saturated rings. The molecule has 0 bridgehead atoms. The van der Waals surface area contributed by atoms with Gasteiger partial charge in [-0.2, -0.15) is 0 Å². The molecule has 3 amide bonds. The van der Waals surface area contributed by atoms with Crippen molar-refractivity contribution in [2.75, 3.05) is 71.0 Å². The van der Waals surface area contributed by atoms with E-state index in [2.05, 4.69) is 10.2 Å². The molecule has 2 aliphatic rings. The first-order valence-electron chi connectivity index (χ1n) is 11.5. The van der Waals surface area contributed by atoms with Gasteiger partial charge in [-0.05, 0) is 36.4 Å². The van der Waals surface area contributed by atoms with Gasteiger partial charge in [-0.25, -0.2) is 4.79 Å². The van der Waals surface area contributed by atoms with Crippen molar-refractivity contribution in [3.8, 4) is 23.0 Å². The molecule has 188 valence electrons. The van der Waals surface area contributed by atoms with Gasteiger partial charge >= 0.3 is 6.03 Å². The van der Waals surface area contributed by atoms with Crippen LogP contribution in [0.15, 0.2) is 36.4 Å². The van der Waals surface area contributed by atoms with Gasteiger partial charge in [0, 0.05) is 44.8 Å². The number of hydrogen-bond donors (Lipinski definition) is 1. The van der Waals surface area contributed by atoms with Crippen LogP contribution in [0.2, 0.25) is 0 Å². The molecule has 0 spiro atoms. The van der Waals surface area contributed by atoms with Gasteiger partial charge in [0.05, 0.1) is 40.2 Å². The van der Waals surface area contributed by atoms with E-state index in [1.165, 1.54) is 0 Å². The van der Waals surface area contributed by atoms with E-state index in [4.69, 9.17) is 18.9 Å². The van der Waals surface area contributed by atoms with Crippen molar-refractivity contribution in [3.63, 3.8) is 0 Å². The summed E-state index contributed by atoms with van der Waals surface area (Å²) in [5, 5.41) is 3.03. The average molecular weight is 485 g/mol. The fraction of sp³-hybridized carbons (Fsp3) is 0.440. The minimum absolute atomic E-state index is 0.00849. The number of urea groups is 1. The summed E-state index contributed by atoms with van der Waals surface area (Å²) in [6, 6.07) is 10.7. The number of ether oxygens (including phenoxy) is 4. The third-order valence-corrected chi connectivity index (χ3v) is 6.43. The summed E-state index contributed by atoms with van der Waals surface area (Å²) >= 11 is 0. The Morgan fingerprint density at radius 2 is 1.54 bits per heavy atom. The molecule has 2 aromatic carbocycles. The zero-order valence-electron chi connectivity index (χ0n) is 20.6. The van der Waals surface area contributed by atoms with Crippen LogP contribution in [0.5, 0.6) is 23.0 Å². The van der Waals surface area contributed by atoms with Gasteiger partial charge in [0.25, 0.3) is 0 Å². The van der Waals surface area contributed by atoms with E-state index >= 15 is 0 Å². The van der Waals surface area contributed by atoms with Crippen molar-refractivity contribution in [2.24, 2.45) is 0 Å². The molecule has 10 heteroatoms. The number of anilines is 2. The number of hydrogen-bond acceptors (Lipinski definition) is 7. The monoisotopic (exact) mass is 484 g/mol. The van der Waals surface area contributed by atoms with E-state index in [1.807, 2.05) is 36.4 Å². The van der Waals surface area contributed by atoms with E-state index in [0.29, 0.717) is 50.0 Å². The average Bonchev–Trinajstić information content (AvgIpc) is 3.27. The maximum absolute atomic E-state index is 12.9. The molecule has 1 atom stereocenters. The van der Waals surface area contributed by atoms with E-state index < -0.39 is 0 Å². The Balaban J connectivity index is 1.34. The Hall–Kier alpha value is -3.82. The molecule has 0 saturated carbocycles. The second kappa shape index (κ2) is 10.6. The van der Waals surface area contributed by atoms with Crippen LogP contribution < -0.4 is 34.1 Å². The third kappa shape index (κ3) is 5.01. The number of rotatable bonds is 7. The molecule has 1 N–H and O–H groups in total. The van der Waals surface area contributed by atoms with Crippen LogP contribution in [-0.2, 0) is 4.79 Å². The van der Waals surface area contributed by atoms with Crippen molar-refractivity contribution < 1.29 is 28.5 Å². The number of nitrogens with one attached hydrogen (secondary N) is 1. The fourth-order valence-corrected chi connectivity index (χ4v) is 4.57. The zero-order valence-corrected chi connectivity index (χ0v) is 20.6. The van der Waals surface area contributed by atoms with E-state index in [-0.39, 0.29) is 24.4 Å². The highest BCUT2D eigenvalue weighted by Crippen LogP contribution is 2.44. The molecule has 0 aromatic heterocycles. The van der Waals surface area contributed by atoms with Gasteiger partial charge in [0.1, 0.15) is 5.75 Å². The molecule has 35 heavy (non-hydrogen) atoms. The van der Waals surface area contributed by atoms with Crippen LogP contribution in [0.4, 0.5) is 16.2 Å². The predicted octanol–water partition coefficient (Wildman–Crippen LogP) is 2.36. The van der Waals surface area contributed by atoms with Gasteiger partial charge in [-0.1, -0.05) is 0 Å². The molecule has 2 aliphatic heterocycles. The third-order valence-electron chi connectivity index (χ3n) is 6.43. The van der Waals surface area contributed by atoms with Crippen LogP contribution in [-0.4, -0.2) is 84.0 Å². The summed E-state index contributed by atoms with van der Waals surface area (Å²) in [6.07, 6.45) is 0.278. The van der Waals surface area contributed by atoms with Gasteiger partial charge in [0.2, 0.25) is 11.7 Å². The maximum atomic E-state index is 12.9. The van der Waals surface area contributed by atoms with Gasteiger partial charge in [-0.3, -0.25) is 4.79 Å². The number of piperazine rings is 1. The highest BCUT2D eigenvalue weighted by molar-refractivity contribution is 5.96. The number of amides is 3. The van der Waals surface area contributed by atoms with Crippen molar-refractivity contribution in [1.82, 2.24) is 10.2 Å². The molecule has 0 radical (unpaired) electrons. The second-order valence-corrected chi connectivity index (χ2v) is 8.38. The summed E-state index contributed by atoms with van der Waals surface area (Å²) in [5.74, 6) is 2.47. The molecule has 1 unspecified atom stereocenters. The van der Waals surface area contributed by atoms with Gasteiger partial charge in [0.15, 0.2) is 11.5 Å². The minimum atomic E-state index is -0.235. The van der Waals surface area contributed by atoms with E-state index in [9.17, 15) is 9.59 Å². The first kappa shape index (κ1) is 24.3. The Labute approximate surface area is 205 Å². The lowest BCUT2D eigenvalue weighted by Crippen LogP contribution is -2.54. The topological polar surface area (TPSA) is 92.8 Å².